The summed E-state index contributed by atoms with van der Waals surface area (Å²) in [5.74, 6) is -1.05. The molecule has 4 N–H and O–H groups in total. The van der Waals surface area contributed by atoms with Gasteiger partial charge in [0.1, 0.15) is 17.1 Å². The largest absolute Gasteiger partial charge is 0.479 e. The van der Waals surface area contributed by atoms with Gasteiger partial charge in [0.25, 0.3) is 0 Å². The highest BCUT2D eigenvalue weighted by Crippen LogP contribution is 2.11. The maximum absolute atomic E-state index is 10.1. The van der Waals surface area contributed by atoms with Crippen LogP contribution < -0.4 is 5.73 Å². The lowest BCUT2D eigenvalue weighted by Gasteiger charge is -1.95. The summed E-state index contributed by atoms with van der Waals surface area (Å²) in [5, 5.41) is 28.2. The second-order valence-corrected chi connectivity index (χ2v) is 6.30. The molecule has 0 unspecified atom stereocenters. The van der Waals surface area contributed by atoms with E-state index < -0.39 is 12.6 Å². The lowest BCUT2D eigenvalue weighted by Crippen LogP contribution is -2.05. The molecule has 0 aliphatic heterocycles. The number of nitrogen functional groups attached to an aromatic ring is 1. The van der Waals surface area contributed by atoms with E-state index in [9.17, 15) is 4.79 Å². The van der Waals surface area contributed by atoms with Gasteiger partial charge in [-0.3, -0.25) is 0 Å². The fraction of sp³-hybridized carbons (Fsp3) is 0.308. The first-order valence-electron chi connectivity index (χ1n) is 6.54. The van der Waals surface area contributed by atoms with Crippen LogP contribution in [0.4, 0.5) is 5.13 Å². The van der Waals surface area contributed by atoms with Crippen molar-refractivity contribution in [2.24, 2.45) is 10.3 Å². The van der Waals surface area contributed by atoms with Crippen molar-refractivity contribution in [3.63, 3.8) is 0 Å². The highest BCUT2D eigenvalue weighted by Gasteiger charge is 2.03. The van der Waals surface area contributed by atoms with Crippen molar-refractivity contribution in [1.82, 2.24) is 9.97 Å². The van der Waals surface area contributed by atoms with Gasteiger partial charge in [0, 0.05) is 10.8 Å². The molecule has 0 bridgehead atoms. The van der Waals surface area contributed by atoms with E-state index in [-0.39, 0.29) is 0 Å². The number of nitrogens with zero attached hydrogens (tertiary/aromatic N) is 4. The van der Waals surface area contributed by atoms with Gasteiger partial charge in [-0.1, -0.05) is 10.3 Å². The standard InChI is InChI=1S/C8H10N2O3S.C5H7N3OS/c1-5(10-13-3-8(11)12)7-4-14-6(2)9-7;1-3(8-9)4-2-10-5(6)7-4/h4H,3H2,1-2H3,(H,11,12);2,9H,1H3,(H2,6,7)/b10-5+;8-3+. The van der Waals surface area contributed by atoms with Crippen molar-refractivity contribution >= 4 is 45.2 Å². The molecule has 2 heterocycles. The first-order valence-corrected chi connectivity index (χ1v) is 8.30. The molecule has 2 rings (SSSR count). The summed E-state index contributed by atoms with van der Waals surface area (Å²) < 4.78 is 0. The van der Waals surface area contributed by atoms with E-state index in [1.165, 1.54) is 22.7 Å². The molecule has 0 saturated carbocycles. The Kier molecular flexibility index (Phi) is 7.79. The zero-order chi connectivity index (χ0) is 18.1. The minimum absolute atomic E-state index is 0.430. The third-order valence-corrected chi connectivity index (χ3v) is 3.87. The van der Waals surface area contributed by atoms with Gasteiger partial charge in [-0.25, -0.2) is 14.8 Å². The van der Waals surface area contributed by atoms with Crippen LogP contribution in [-0.2, 0) is 9.63 Å². The summed E-state index contributed by atoms with van der Waals surface area (Å²) in [7, 11) is 0. The maximum Gasteiger partial charge on any atom is 0.344 e. The molecular weight excluding hydrogens is 354 g/mol. The Balaban J connectivity index is 0.000000254. The Morgan fingerprint density at radius 2 is 1.88 bits per heavy atom. The molecule has 9 nitrogen and oxygen atoms in total. The molecule has 0 aliphatic rings. The predicted octanol–water partition coefficient (Wildman–Crippen LogP) is 2.20. The van der Waals surface area contributed by atoms with Crippen LogP contribution in [0.5, 0.6) is 0 Å². The first kappa shape index (κ1) is 19.5. The van der Waals surface area contributed by atoms with E-state index in [0.717, 1.165) is 10.7 Å². The van der Waals surface area contributed by atoms with Gasteiger partial charge in [0.2, 0.25) is 6.61 Å². The van der Waals surface area contributed by atoms with Crippen molar-refractivity contribution < 1.29 is 19.9 Å². The molecule has 0 fully saturated rings. The van der Waals surface area contributed by atoms with Gasteiger partial charge in [-0.2, -0.15) is 0 Å². The van der Waals surface area contributed by atoms with Crippen molar-refractivity contribution in [2.75, 3.05) is 12.3 Å². The smallest absolute Gasteiger partial charge is 0.344 e. The van der Waals surface area contributed by atoms with Crippen molar-refractivity contribution in [1.29, 1.82) is 0 Å². The molecule has 0 amide bonds. The maximum atomic E-state index is 10.1. The molecule has 0 aliphatic carbocycles. The second-order valence-electron chi connectivity index (χ2n) is 4.35. The molecule has 24 heavy (non-hydrogen) atoms. The van der Waals surface area contributed by atoms with Gasteiger partial charge in [-0.15, -0.1) is 22.7 Å². The number of aliphatic carboxylic acids is 1. The molecule has 11 heteroatoms. The average Bonchev–Trinajstić information content (AvgIpc) is 3.15. The summed E-state index contributed by atoms with van der Waals surface area (Å²) in [6.07, 6.45) is 0. The average molecular weight is 371 g/mol. The molecule has 2 aromatic heterocycles. The molecule has 0 saturated heterocycles. The number of aromatic nitrogens is 2. The van der Waals surface area contributed by atoms with Crippen LogP contribution in [0.25, 0.3) is 0 Å². The number of anilines is 1. The Morgan fingerprint density at radius 1 is 1.25 bits per heavy atom. The number of hydrogen-bond donors (Lipinski definition) is 3. The van der Waals surface area contributed by atoms with E-state index in [1.54, 1.807) is 19.2 Å². The fourth-order valence-corrected chi connectivity index (χ4v) is 2.53. The minimum Gasteiger partial charge on any atom is -0.479 e. The highest BCUT2D eigenvalue weighted by atomic mass is 32.1. The van der Waals surface area contributed by atoms with Gasteiger partial charge in [0.15, 0.2) is 5.13 Å². The zero-order valence-corrected chi connectivity index (χ0v) is 14.9. The number of carboxylic acid groups (broad SMARTS) is 1. The van der Waals surface area contributed by atoms with E-state index in [1.807, 2.05) is 12.3 Å². The SMILES string of the molecule is C/C(=N\O)c1csc(N)n1.C/C(=N\OCC(=O)O)c1csc(C)n1. The van der Waals surface area contributed by atoms with E-state index in [0.29, 0.717) is 22.2 Å². The summed E-state index contributed by atoms with van der Waals surface area (Å²) >= 11 is 2.83. The van der Waals surface area contributed by atoms with Crippen molar-refractivity contribution in [3.8, 4) is 0 Å². The quantitative estimate of drug-likeness (QED) is 0.415. The van der Waals surface area contributed by atoms with Crippen LogP contribution >= 0.6 is 22.7 Å². The summed E-state index contributed by atoms with van der Waals surface area (Å²) in [4.78, 5) is 22.7. The van der Waals surface area contributed by atoms with Crippen LogP contribution in [0, 0.1) is 6.92 Å². The van der Waals surface area contributed by atoms with Crippen LogP contribution in [0.2, 0.25) is 0 Å². The summed E-state index contributed by atoms with van der Waals surface area (Å²) in [6, 6.07) is 0. The normalized spacial score (nSPS) is 11.6. The number of nitrogens with two attached hydrogens (primary N) is 1. The second kappa shape index (κ2) is 9.57. The van der Waals surface area contributed by atoms with E-state index in [2.05, 4.69) is 25.1 Å². The monoisotopic (exact) mass is 371 g/mol. The first-order chi connectivity index (χ1) is 11.3. The molecule has 0 spiro atoms. The third kappa shape index (κ3) is 6.71. The van der Waals surface area contributed by atoms with E-state index >= 15 is 0 Å². The predicted molar refractivity (Wildman–Crippen MR) is 93.2 cm³/mol. The number of carbonyl (C=O) groups is 1. The Bertz CT molecular complexity index is 738. The fourth-order valence-electron chi connectivity index (χ4n) is 1.27. The molecule has 2 aromatic rings. The summed E-state index contributed by atoms with van der Waals surface area (Å²) in [6.45, 7) is 4.84. The highest BCUT2D eigenvalue weighted by molar-refractivity contribution is 7.13. The van der Waals surface area contributed by atoms with Crippen molar-refractivity contribution in [2.45, 2.75) is 20.8 Å². The molecule has 0 aromatic carbocycles. The number of oxime groups is 2. The molecule has 0 atom stereocenters. The topological polar surface area (TPSA) is 143 Å². The van der Waals surface area contributed by atoms with Gasteiger partial charge >= 0.3 is 5.97 Å². The number of thiazole rings is 2. The number of rotatable bonds is 5. The third-order valence-electron chi connectivity index (χ3n) is 2.42. The zero-order valence-electron chi connectivity index (χ0n) is 13.3. The van der Waals surface area contributed by atoms with Crippen LogP contribution in [0.15, 0.2) is 21.1 Å². The van der Waals surface area contributed by atoms with Crippen LogP contribution in [-0.4, -0.2) is 44.3 Å². The van der Waals surface area contributed by atoms with Gasteiger partial charge < -0.3 is 20.9 Å². The number of aryl methyl sites for hydroxylation is 1. The van der Waals surface area contributed by atoms with Crippen molar-refractivity contribution in [3.05, 3.63) is 27.2 Å². The van der Waals surface area contributed by atoms with Gasteiger partial charge in [-0.05, 0) is 20.8 Å². The Hall–Kier alpha value is -2.53. The number of carboxylic acids is 1. The lowest BCUT2D eigenvalue weighted by atomic mass is 10.3. The Labute approximate surface area is 146 Å². The molecular formula is C13H17N5O4S2. The minimum atomic E-state index is -1.05. The van der Waals surface area contributed by atoms with Crippen LogP contribution in [0.1, 0.15) is 30.2 Å². The lowest BCUT2D eigenvalue weighted by molar-refractivity contribution is -0.142. The molecule has 130 valence electrons. The molecule has 0 radical (unpaired) electrons. The van der Waals surface area contributed by atoms with Gasteiger partial charge in [0.05, 0.1) is 10.7 Å². The van der Waals surface area contributed by atoms with Crippen LogP contribution in [0.3, 0.4) is 0 Å². The van der Waals surface area contributed by atoms with E-state index in [4.69, 9.17) is 16.0 Å². The summed E-state index contributed by atoms with van der Waals surface area (Å²) in [5.41, 5.74) is 7.75. The Morgan fingerprint density at radius 3 is 2.33 bits per heavy atom. The number of hydrogen-bond acceptors (Lipinski definition) is 10.